The Hall–Kier alpha value is -2.58. The van der Waals surface area contributed by atoms with E-state index < -0.39 is 29.2 Å². The number of anilines is 1. The van der Waals surface area contributed by atoms with Crippen molar-refractivity contribution in [3.05, 3.63) is 29.3 Å². The quantitative estimate of drug-likeness (QED) is 0.836. The van der Waals surface area contributed by atoms with Crippen molar-refractivity contribution in [3.8, 4) is 0 Å². The minimum atomic E-state index is -4.70. The molecule has 0 radical (unpaired) electrons. The van der Waals surface area contributed by atoms with E-state index in [9.17, 15) is 32.7 Å². The van der Waals surface area contributed by atoms with E-state index in [1.807, 2.05) is 0 Å². The fourth-order valence-corrected chi connectivity index (χ4v) is 3.64. The number of carboxylic acids is 1. The summed E-state index contributed by atoms with van der Waals surface area (Å²) < 4.78 is 39.8. The van der Waals surface area contributed by atoms with Gasteiger partial charge in [-0.3, -0.25) is 9.59 Å². The van der Waals surface area contributed by atoms with E-state index >= 15 is 0 Å². The molecule has 1 aromatic rings. The van der Waals surface area contributed by atoms with Crippen molar-refractivity contribution >= 4 is 23.5 Å². The molecule has 0 unspecified atom stereocenters. The Morgan fingerprint density at radius 1 is 1.11 bits per heavy atom. The number of aliphatic carboxylic acids is 1. The van der Waals surface area contributed by atoms with E-state index in [1.54, 1.807) is 0 Å². The predicted octanol–water partition coefficient (Wildman–Crippen LogP) is 2.96. The lowest BCUT2D eigenvalue weighted by atomic mass is 9.96. The van der Waals surface area contributed by atoms with Gasteiger partial charge in [-0.05, 0) is 37.5 Å². The number of carboxylic acid groups (broad SMARTS) is 1. The summed E-state index contributed by atoms with van der Waals surface area (Å²) in [6.07, 6.45) is -2.26. The summed E-state index contributed by atoms with van der Waals surface area (Å²) in [6.45, 7) is 0.278. The average molecular weight is 384 g/mol. The Bertz CT molecular complexity index is 785. The highest BCUT2D eigenvalue weighted by molar-refractivity contribution is 6.01. The Morgan fingerprint density at radius 2 is 1.78 bits per heavy atom. The van der Waals surface area contributed by atoms with Crippen LogP contribution in [0.4, 0.5) is 18.9 Å². The molecule has 1 aliphatic heterocycles. The van der Waals surface area contributed by atoms with Crippen LogP contribution in [-0.2, 0) is 15.8 Å². The molecule has 2 fully saturated rings. The number of alkyl halides is 3. The molecule has 1 saturated carbocycles. The van der Waals surface area contributed by atoms with E-state index in [1.165, 1.54) is 11.0 Å². The molecule has 1 saturated heterocycles. The van der Waals surface area contributed by atoms with Gasteiger partial charge in [-0.15, -0.1) is 0 Å². The minimum absolute atomic E-state index is 0.00623. The zero-order valence-corrected chi connectivity index (χ0v) is 14.4. The van der Waals surface area contributed by atoms with Gasteiger partial charge < -0.3 is 15.3 Å². The Morgan fingerprint density at radius 3 is 2.30 bits per heavy atom. The lowest BCUT2D eigenvalue weighted by Crippen LogP contribution is -2.52. The zero-order chi connectivity index (χ0) is 19.8. The van der Waals surface area contributed by atoms with E-state index in [-0.39, 0.29) is 43.0 Å². The fraction of sp³-hybridized carbons (Fsp3) is 0.500. The smallest absolute Gasteiger partial charge is 0.416 e. The fourth-order valence-electron chi connectivity index (χ4n) is 3.64. The number of benzene rings is 1. The molecule has 1 heterocycles. The summed E-state index contributed by atoms with van der Waals surface area (Å²) in [4.78, 5) is 37.3. The van der Waals surface area contributed by atoms with Gasteiger partial charge in [0, 0.05) is 24.2 Å². The molecule has 1 aliphatic carbocycles. The van der Waals surface area contributed by atoms with Crippen molar-refractivity contribution in [1.82, 2.24) is 5.32 Å². The van der Waals surface area contributed by atoms with Gasteiger partial charge >= 0.3 is 12.1 Å². The molecule has 6 nitrogen and oxygen atoms in total. The normalized spacial score (nSPS) is 19.4. The number of rotatable bonds is 4. The van der Waals surface area contributed by atoms with Crippen LogP contribution >= 0.6 is 0 Å². The second-order valence-corrected chi connectivity index (χ2v) is 6.96. The number of halogens is 3. The second kappa shape index (κ2) is 6.86. The Kier molecular flexibility index (Phi) is 4.88. The first kappa shape index (κ1) is 19.2. The summed E-state index contributed by atoms with van der Waals surface area (Å²) in [5, 5.41) is 11.9. The standard InChI is InChI=1S/C18H19F3N2O4/c19-18(20,21)12-8-11(9-13(10-12)23-7-3-4-14(23)24)15(25)22-17(16(26)27)5-1-2-6-17/h8-10H,1-7H2,(H,22,25)(H,26,27). The van der Waals surface area contributed by atoms with Crippen molar-refractivity contribution in [1.29, 1.82) is 0 Å². The first-order valence-electron chi connectivity index (χ1n) is 8.71. The van der Waals surface area contributed by atoms with Gasteiger partial charge in [0.2, 0.25) is 5.91 Å². The van der Waals surface area contributed by atoms with Gasteiger partial charge in [-0.25, -0.2) is 4.79 Å². The third-order valence-corrected chi connectivity index (χ3v) is 5.11. The van der Waals surface area contributed by atoms with Crippen molar-refractivity contribution < 1.29 is 32.7 Å². The number of hydrogen-bond donors (Lipinski definition) is 2. The highest BCUT2D eigenvalue weighted by Gasteiger charge is 2.43. The van der Waals surface area contributed by atoms with Crippen LogP contribution in [0.1, 0.15) is 54.4 Å². The van der Waals surface area contributed by atoms with Crippen LogP contribution < -0.4 is 10.2 Å². The maximum Gasteiger partial charge on any atom is 0.416 e. The first-order chi connectivity index (χ1) is 12.6. The van der Waals surface area contributed by atoms with Gasteiger partial charge in [0.25, 0.3) is 5.91 Å². The highest BCUT2D eigenvalue weighted by atomic mass is 19.4. The first-order valence-corrected chi connectivity index (χ1v) is 8.71. The lowest BCUT2D eigenvalue weighted by Gasteiger charge is -2.26. The minimum Gasteiger partial charge on any atom is -0.480 e. The van der Waals surface area contributed by atoms with E-state index in [2.05, 4.69) is 5.32 Å². The summed E-state index contributed by atoms with van der Waals surface area (Å²) in [5.74, 6) is -2.40. The van der Waals surface area contributed by atoms with E-state index in [4.69, 9.17) is 0 Å². The molecule has 0 aromatic heterocycles. The van der Waals surface area contributed by atoms with Gasteiger partial charge in [-0.2, -0.15) is 13.2 Å². The molecule has 1 aromatic carbocycles. The monoisotopic (exact) mass is 384 g/mol. The van der Waals surface area contributed by atoms with Crippen LogP contribution in [0.3, 0.4) is 0 Å². The van der Waals surface area contributed by atoms with Crippen molar-refractivity contribution in [2.75, 3.05) is 11.4 Å². The summed E-state index contributed by atoms with van der Waals surface area (Å²) in [5.41, 5.74) is -2.84. The Balaban J connectivity index is 1.97. The third-order valence-electron chi connectivity index (χ3n) is 5.11. The van der Waals surface area contributed by atoms with Gasteiger partial charge in [0.05, 0.1) is 5.56 Å². The van der Waals surface area contributed by atoms with Gasteiger partial charge in [0.1, 0.15) is 5.54 Å². The topological polar surface area (TPSA) is 86.7 Å². The SMILES string of the molecule is O=C(NC1(C(=O)O)CCCC1)c1cc(N2CCCC2=O)cc(C(F)(F)F)c1. The Labute approximate surface area is 153 Å². The number of amides is 2. The van der Waals surface area contributed by atoms with Crippen LogP contribution in [0, 0.1) is 0 Å². The van der Waals surface area contributed by atoms with Crippen LogP contribution in [0.25, 0.3) is 0 Å². The largest absolute Gasteiger partial charge is 0.480 e. The highest BCUT2D eigenvalue weighted by Crippen LogP contribution is 2.35. The molecule has 2 amide bonds. The molecule has 0 spiro atoms. The molecule has 2 aliphatic rings. The van der Waals surface area contributed by atoms with Crippen molar-refractivity contribution in [2.45, 2.75) is 50.2 Å². The number of hydrogen-bond acceptors (Lipinski definition) is 3. The van der Waals surface area contributed by atoms with Gasteiger partial charge in [0.15, 0.2) is 0 Å². The molecule has 27 heavy (non-hydrogen) atoms. The predicted molar refractivity (Wildman–Crippen MR) is 89.3 cm³/mol. The molecule has 0 atom stereocenters. The second-order valence-electron chi connectivity index (χ2n) is 6.96. The third kappa shape index (κ3) is 3.77. The molecule has 3 rings (SSSR count). The molecule has 2 N–H and O–H groups in total. The van der Waals surface area contributed by atoms with E-state index in [0.717, 1.165) is 6.07 Å². The summed E-state index contributed by atoms with van der Waals surface area (Å²) in [6, 6.07) is 2.73. The number of nitrogens with zero attached hydrogens (tertiary/aromatic N) is 1. The van der Waals surface area contributed by atoms with Crippen LogP contribution in [-0.4, -0.2) is 35.0 Å². The maximum atomic E-state index is 13.3. The lowest BCUT2D eigenvalue weighted by molar-refractivity contribution is -0.144. The van der Waals surface area contributed by atoms with Gasteiger partial charge in [-0.1, -0.05) is 12.8 Å². The zero-order valence-electron chi connectivity index (χ0n) is 14.4. The number of nitrogens with one attached hydrogen (secondary N) is 1. The average Bonchev–Trinajstić information content (AvgIpc) is 3.23. The van der Waals surface area contributed by atoms with Crippen LogP contribution in [0.15, 0.2) is 18.2 Å². The van der Waals surface area contributed by atoms with Crippen LogP contribution in [0.5, 0.6) is 0 Å². The summed E-state index contributed by atoms with van der Waals surface area (Å²) >= 11 is 0. The van der Waals surface area contributed by atoms with Crippen molar-refractivity contribution in [2.24, 2.45) is 0 Å². The molecule has 146 valence electrons. The van der Waals surface area contributed by atoms with E-state index in [0.29, 0.717) is 25.3 Å². The maximum absolute atomic E-state index is 13.3. The summed E-state index contributed by atoms with van der Waals surface area (Å²) in [7, 11) is 0. The number of carbonyl (C=O) groups is 3. The molecule has 9 heteroatoms. The molecular formula is C18H19F3N2O4. The number of carbonyl (C=O) groups excluding carboxylic acids is 2. The molecule has 0 bridgehead atoms. The van der Waals surface area contributed by atoms with Crippen LogP contribution in [0.2, 0.25) is 0 Å². The molecular weight excluding hydrogens is 365 g/mol. The van der Waals surface area contributed by atoms with Crippen molar-refractivity contribution in [3.63, 3.8) is 0 Å².